The molecule has 0 aliphatic heterocycles. The van der Waals surface area contributed by atoms with Gasteiger partial charge in [0.1, 0.15) is 34.2 Å². The Hall–Kier alpha value is -5.60. The number of halogens is 4. The van der Waals surface area contributed by atoms with E-state index < -0.39 is 22.2 Å². The van der Waals surface area contributed by atoms with Gasteiger partial charge in [-0.25, -0.2) is 15.0 Å². The van der Waals surface area contributed by atoms with Crippen LogP contribution in [0.3, 0.4) is 0 Å². The van der Waals surface area contributed by atoms with Crippen LogP contribution in [0.2, 0.25) is 15.1 Å². The van der Waals surface area contributed by atoms with Crippen LogP contribution >= 0.6 is 80.9 Å². The zero-order chi connectivity index (χ0) is 68.5. The van der Waals surface area contributed by atoms with Crippen molar-refractivity contribution in [3.05, 3.63) is 162 Å². The van der Waals surface area contributed by atoms with Crippen molar-refractivity contribution >= 4 is 132 Å². The molecule has 16 nitrogen and oxygen atoms in total. The summed E-state index contributed by atoms with van der Waals surface area (Å²) in [5.74, 6) is 0.854. The van der Waals surface area contributed by atoms with Crippen molar-refractivity contribution in [2.24, 2.45) is 16.2 Å². The zero-order valence-corrected chi connectivity index (χ0v) is 63.8. The number of aliphatic carboxylic acids is 1. The van der Waals surface area contributed by atoms with Gasteiger partial charge in [0.05, 0.1) is 69.4 Å². The van der Waals surface area contributed by atoms with E-state index in [0.717, 1.165) is 80.2 Å². The minimum Gasteiger partial charge on any atom is -0.870 e. The van der Waals surface area contributed by atoms with Crippen LogP contribution < -0.4 is 33.1 Å². The van der Waals surface area contributed by atoms with E-state index in [0.29, 0.717) is 84.4 Å². The van der Waals surface area contributed by atoms with E-state index >= 15 is 0 Å². The number of hydrogen-bond donors (Lipinski definition) is 1. The second-order valence-corrected chi connectivity index (χ2v) is 32.6. The van der Waals surface area contributed by atoms with Gasteiger partial charge in [0.25, 0.3) is 0 Å². The Morgan fingerprint density at radius 1 is 0.480 bits per heavy atom. The molecule has 0 saturated carbocycles. The van der Waals surface area contributed by atoms with E-state index in [9.17, 15) is 19.5 Å². The molecule has 0 aliphatic rings. The largest absolute Gasteiger partial charge is 1.00 e. The predicted molar refractivity (Wildman–Crippen MR) is 410 cm³/mol. The molecule has 0 amide bonds. The summed E-state index contributed by atoms with van der Waals surface area (Å²) in [6.07, 6.45) is 6.61. The number of nitrogens with zero attached hydrogens (tertiary/aromatic N) is 6. The number of rotatable bonds is 22. The van der Waals surface area contributed by atoms with Crippen LogP contribution in [0, 0.1) is 19.8 Å². The van der Waals surface area contributed by atoms with Gasteiger partial charge in [0.2, 0.25) is 0 Å². The summed E-state index contributed by atoms with van der Waals surface area (Å²) in [7, 11) is 4.90. The fourth-order valence-corrected chi connectivity index (χ4v) is 13.9. The van der Waals surface area contributed by atoms with Crippen molar-refractivity contribution in [2.45, 2.75) is 177 Å². The molecule has 98 heavy (non-hydrogen) atoms. The van der Waals surface area contributed by atoms with Crippen molar-refractivity contribution in [1.82, 2.24) is 28.7 Å². The van der Waals surface area contributed by atoms with Crippen LogP contribution in [0.1, 0.15) is 153 Å². The molecule has 2 N–H and O–H groups in total. The summed E-state index contributed by atoms with van der Waals surface area (Å²) >= 11 is 24.1. The van der Waals surface area contributed by atoms with Gasteiger partial charge >= 0.3 is 36.8 Å². The van der Waals surface area contributed by atoms with E-state index in [1.54, 1.807) is 77.3 Å². The molecule has 0 spiro atoms. The zero-order valence-electron chi connectivity index (χ0n) is 57.7. The van der Waals surface area contributed by atoms with E-state index in [2.05, 4.69) is 82.8 Å². The number of thioether (sulfide) groups is 2. The van der Waals surface area contributed by atoms with Crippen molar-refractivity contribution in [1.29, 1.82) is 0 Å². The fourth-order valence-electron chi connectivity index (χ4n) is 10.3. The second kappa shape index (κ2) is 37.4. The monoisotopic (exact) mass is 1550 g/mol. The van der Waals surface area contributed by atoms with Gasteiger partial charge in [-0.05, 0) is 149 Å². The number of methoxy groups -OCH3 is 3. The molecule has 0 saturated heterocycles. The topological polar surface area (TPSA) is 201 Å². The molecule has 0 unspecified atom stereocenters. The predicted octanol–water partition coefficient (Wildman–Crippen LogP) is 17.3. The number of esters is 2. The number of carboxylic acid groups (broad SMARTS) is 1. The van der Waals surface area contributed by atoms with Gasteiger partial charge < -0.3 is 48.0 Å². The van der Waals surface area contributed by atoms with Gasteiger partial charge in [-0.3, -0.25) is 14.4 Å². The summed E-state index contributed by atoms with van der Waals surface area (Å²) in [4.78, 5) is 53.6. The van der Waals surface area contributed by atoms with Crippen molar-refractivity contribution < 1.29 is 67.5 Å². The number of carboxylic acids is 1. The Bertz CT molecular complexity index is 4110. The molecule has 0 fully saturated rings. The Morgan fingerprint density at radius 2 is 0.755 bits per heavy atom. The maximum atomic E-state index is 12.8. The number of aromatic nitrogens is 6. The Morgan fingerprint density at radius 3 is 1.04 bits per heavy atom. The molecule has 9 rings (SSSR count). The van der Waals surface area contributed by atoms with Gasteiger partial charge in [-0.15, -0.1) is 23.5 Å². The third-order valence-corrected chi connectivity index (χ3v) is 19.6. The number of benzene rings is 3. The minimum absolute atomic E-state index is 0. The van der Waals surface area contributed by atoms with Crippen molar-refractivity contribution in [2.75, 3.05) is 34.5 Å². The molecule has 0 atom stereocenters. The first-order valence-corrected chi connectivity index (χ1v) is 34.5. The van der Waals surface area contributed by atoms with Crippen molar-refractivity contribution in [3.8, 4) is 17.2 Å². The number of pyridine rings is 3. The minimum atomic E-state index is -0.927. The third-order valence-electron chi connectivity index (χ3n) is 15.1. The number of carbonyl (C=O) groups excluding carboxylic acids is 2. The van der Waals surface area contributed by atoms with E-state index in [4.69, 9.17) is 68.5 Å². The van der Waals surface area contributed by atoms with Crippen molar-refractivity contribution in [3.63, 3.8) is 0 Å². The number of fused-ring (bicyclic) bond motifs is 3. The van der Waals surface area contributed by atoms with E-state index in [-0.39, 0.29) is 68.0 Å². The molecule has 0 bridgehead atoms. The molecule has 9 aromatic rings. The maximum absolute atomic E-state index is 12.8. The van der Waals surface area contributed by atoms with E-state index in [1.165, 1.54) is 0 Å². The van der Waals surface area contributed by atoms with Gasteiger partial charge in [0, 0.05) is 110 Å². The number of ether oxygens (including phenoxy) is 5. The first-order chi connectivity index (χ1) is 43.6. The van der Waals surface area contributed by atoms with Gasteiger partial charge in [0.15, 0.2) is 0 Å². The molecule has 0 radical (unpaired) electrons. The third kappa shape index (κ3) is 22.7. The second-order valence-electron chi connectivity index (χ2n) is 26.5. The Kier molecular flexibility index (Phi) is 33.7. The van der Waals surface area contributed by atoms with E-state index in [1.807, 2.05) is 133 Å². The molecule has 6 heterocycles. The summed E-state index contributed by atoms with van der Waals surface area (Å²) in [6, 6.07) is 29.3. The quantitative estimate of drug-likeness (QED) is 0.0290. The summed E-state index contributed by atoms with van der Waals surface area (Å²) in [6.45, 7) is 30.5. The molecular formula is C75H99Cl3ILiN6O10S2. The summed E-state index contributed by atoms with van der Waals surface area (Å²) in [5.41, 5.74) is 6.64. The normalized spacial score (nSPS) is 11.5. The molecule has 0 aliphatic carbocycles. The first-order valence-electron chi connectivity index (χ1n) is 30.6. The number of carbonyl (C=O) groups is 3. The number of hydrogen-bond acceptors (Lipinski definition) is 14. The Balaban J connectivity index is 0.000000488. The van der Waals surface area contributed by atoms with Crippen LogP contribution in [0.4, 0.5) is 0 Å². The van der Waals surface area contributed by atoms with Crippen LogP contribution in [0.25, 0.3) is 33.1 Å². The molecule has 3 aromatic carbocycles. The summed E-state index contributed by atoms with van der Waals surface area (Å²) < 4.78 is 34.5. The van der Waals surface area contributed by atoms with Crippen LogP contribution in [0.5, 0.6) is 17.2 Å². The maximum Gasteiger partial charge on any atom is 1.00 e. The van der Waals surface area contributed by atoms with Crippen LogP contribution in [-0.4, -0.2) is 101 Å². The SMILES string of the molecule is C.C.C.CCOC(=O)C(C)(C)Cc1c(I)c2cc(OC)cnc2n1Cc1ccc(Cl)cc1.CCOC(=O)C(C)(C)Cc1c(SC(C)(C)C)c2cc(OC)cnc2n1Cc1ccc(Cl)cc1.COc1cnc2c(c1)c(SC(C)(C)C)c(CC(C)(C)C(=O)O)n2Cc1ccc(Cl)cc1.[Li+].[OH-]. The fraction of sp³-hybridized carbons (Fsp3) is 0.440. The molecule has 23 heteroatoms. The average Bonchev–Trinajstić information content (AvgIpc) is 1.62. The van der Waals surface area contributed by atoms with Gasteiger partial charge in [-0.2, -0.15) is 0 Å². The average molecular weight is 1550 g/mol. The smallest absolute Gasteiger partial charge is 0.870 e. The van der Waals surface area contributed by atoms with Gasteiger partial charge in [-0.1, -0.05) is 135 Å². The molecular weight excluding hydrogens is 1450 g/mol. The molecule has 530 valence electrons. The standard InChI is InChI=1S/C26H33ClN2O3S.C24H29ClN2O3S.C22H24ClIN2O3.3CH4.Li.H2O/c1-8-32-24(30)26(5,6)14-21-22(33-25(2,3)4)20-13-19(31-7)15-28-23(20)29(21)16-17-9-11-18(27)12-10-17;1-23(2,3)31-20-18-11-17(30-6)13-26-21(18)27(14-15-7-9-16(25)10-8-15)19(20)12-24(4,5)22(28)29;1-5-29-21(27)22(2,3)11-18-19(24)17-10-16(28-4)12-25-20(17)26(18)13-14-6-8-15(23)9-7-14;;;;;/h9-13,15H,8,14,16H2,1-7H3;7-11,13H,12,14H2,1-6H3,(H,28,29);6-10,12H,5,11,13H2,1-4H3;3*1H4;;1H2/q;;;;;;+1;/p-1. The Labute approximate surface area is 630 Å². The summed E-state index contributed by atoms with van der Waals surface area (Å²) in [5, 5.41) is 14.9. The van der Waals surface area contributed by atoms with Crippen LogP contribution in [-0.2, 0) is 62.8 Å². The first kappa shape index (κ1) is 88.5. The van der Waals surface area contributed by atoms with Crippen LogP contribution in [0.15, 0.2) is 119 Å². The molecule has 6 aromatic heterocycles.